The zero-order valence-corrected chi connectivity index (χ0v) is 18.9. The summed E-state index contributed by atoms with van der Waals surface area (Å²) in [5.74, 6) is -0.541. The largest absolute Gasteiger partial charge is 0.338 e. The lowest BCUT2D eigenvalue weighted by molar-refractivity contribution is -0.135. The normalized spacial score (nSPS) is 15.8. The number of nitrogens with one attached hydrogen (secondary N) is 1. The second-order valence-electron chi connectivity index (χ2n) is 8.01. The Bertz CT molecular complexity index is 1160. The van der Waals surface area contributed by atoms with Crippen molar-refractivity contribution >= 4 is 15.9 Å². The fraction of sp³-hybridized carbons (Fsp3) is 0.240. The number of hydrogen-bond acceptors (Lipinski definition) is 4. The average molecular weight is 468 g/mol. The molecule has 0 saturated carbocycles. The Balaban J connectivity index is 1.46. The topological polar surface area (TPSA) is 69.7 Å². The van der Waals surface area contributed by atoms with Crippen LogP contribution in [0.1, 0.15) is 17.2 Å². The zero-order chi connectivity index (χ0) is 23.3. The van der Waals surface area contributed by atoms with Gasteiger partial charge < -0.3 is 4.90 Å². The van der Waals surface area contributed by atoms with Crippen molar-refractivity contribution in [2.45, 2.75) is 17.5 Å². The molecule has 4 rings (SSSR count). The summed E-state index contributed by atoms with van der Waals surface area (Å²) >= 11 is 0. The van der Waals surface area contributed by atoms with Gasteiger partial charge in [0.25, 0.3) is 0 Å². The summed E-state index contributed by atoms with van der Waals surface area (Å²) in [5, 5.41) is 0. The first kappa shape index (κ1) is 23.1. The quantitative estimate of drug-likeness (QED) is 0.580. The van der Waals surface area contributed by atoms with E-state index in [2.05, 4.69) is 9.62 Å². The highest BCUT2D eigenvalue weighted by Gasteiger charge is 2.32. The summed E-state index contributed by atoms with van der Waals surface area (Å²) in [5.41, 5.74) is 1.60. The average Bonchev–Trinajstić information content (AvgIpc) is 2.85. The monoisotopic (exact) mass is 467 g/mol. The van der Waals surface area contributed by atoms with E-state index in [0.29, 0.717) is 38.3 Å². The van der Waals surface area contributed by atoms with Crippen LogP contribution in [0.2, 0.25) is 0 Å². The minimum Gasteiger partial charge on any atom is -0.338 e. The number of carbonyl (C=O) groups excluding carboxylic acids is 1. The Morgan fingerprint density at radius 1 is 0.848 bits per heavy atom. The van der Waals surface area contributed by atoms with Gasteiger partial charge in [-0.1, -0.05) is 60.7 Å². The molecule has 1 N–H and O–H groups in total. The van der Waals surface area contributed by atoms with Crippen molar-refractivity contribution in [2.75, 3.05) is 26.2 Å². The van der Waals surface area contributed by atoms with Crippen LogP contribution < -0.4 is 4.72 Å². The van der Waals surface area contributed by atoms with Gasteiger partial charge in [0.1, 0.15) is 11.9 Å². The van der Waals surface area contributed by atoms with Gasteiger partial charge >= 0.3 is 0 Å². The van der Waals surface area contributed by atoms with Crippen molar-refractivity contribution in [2.24, 2.45) is 0 Å². The van der Waals surface area contributed by atoms with Crippen LogP contribution in [0.5, 0.6) is 0 Å². The number of halogens is 1. The summed E-state index contributed by atoms with van der Waals surface area (Å²) in [6.45, 7) is 2.93. The molecule has 1 amide bonds. The molecule has 0 aliphatic carbocycles. The molecule has 0 bridgehead atoms. The number of benzene rings is 3. The first-order valence-electron chi connectivity index (χ1n) is 10.8. The molecule has 3 aromatic carbocycles. The van der Waals surface area contributed by atoms with Crippen molar-refractivity contribution in [1.82, 2.24) is 14.5 Å². The van der Waals surface area contributed by atoms with Crippen LogP contribution in [-0.4, -0.2) is 50.3 Å². The third-order valence-corrected chi connectivity index (χ3v) is 7.15. The van der Waals surface area contributed by atoms with Gasteiger partial charge in [0.05, 0.1) is 4.90 Å². The van der Waals surface area contributed by atoms with Crippen LogP contribution in [0.25, 0.3) is 0 Å². The standard InChI is InChI=1S/C25H26FN3O3S/c26-22-13-11-20(12-14-22)19-28-15-17-29(18-16-28)25(30)24(21-7-3-1-4-8-21)27-33(31,32)23-9-5-2-6-10-23/h1-14,24,27H,15-19H2/t24-/m1/s1. The number of amides is 1. The molecule has 1 heterocycles. The molecule has 0 radical (unpaired) electrons. The predicted octanol–water partition coefficient (Wildman–Crippen LogP) is 3.19. The van der Waals surface area contributed by atoms with E-state index in [0.717, 1.165) is 5.56 Å². The van der Waals surface area contributed by atoms with Crippen LogP contribution in [-0.2, 0) is 21.4 Å². The predicted molar refractivity (Wildman–Crippen MR) is 124 cm³/mol. The molecule has 0 aromatic heterocycles. The highest BCUT2D eigenvalue weighted by atomic mass is 32.2. The van der Waals surface area contributed by atoms with Crippen LogP contribution in [0.3, 0.4) is 0 Å². The number of piperazine rings is 1. The summed E-state index contributed by atoms with van der Waals surface area (Å²) in [7, 11) is -3.88. The van der Waals surface area contributed by atoms with Gasteiger partial charge in [-0.2, -0.15) is 4.72 Å². The molecule has 1 saturated heterocycles. The lowest BCUT2D eigenvalue weighted by Crippen LogP contribution is -2.51. The van der Waals surface area contributed by atoms with Gasteiger partial charge in [-0.3, -0.25) is 9.69 Å². The number of nitrogens with zero attached hydrogens (tertiary/aromatic N) is 2. The third kappa shape index (κ3) is 5.84. The molecular formula is C25H26FN3O3S. The summed E-state index contributed by atoms with van der Waals surface area (Å²) < 4.78 is 41.7. The lowest BCUT2D eigenvalue weighted by Gasteiger charge is -2.36. The van der Waals surface area contributed by atoms with Crippen LogP contribution in [0.15, 0.2) is 89.8 Å². The fourth-order valence-electron chi connectivity index (χ4n) is 3.89. The molecule has 1 atom stereocenters. The van der Waals surface area contributed by atoms with E-state index in [1.807, 2.05) is 6.07 Å². The van der Waals surface area contributed by atoms with Gasteiger partial charge in [0.15, 0.2) is 0 Å². The van der Waals surface area contributed by atoms with E-state index in [-0.39, 0.29) is 16.6 Å². The molecular weight excluding hydrogens is 441 g/mol. The van der Waals surface area contributed by atoms with Crippen molar-refractivity contribution in [3.63, 3.8) is 0 Å². The summed E-state index contributed by atoms with van der Waals surface area (Å²) in [6, 6.07) is 22.3. The summed E-state index contributed by atoms with van der Waals surface area (Å²) in [4.78, 5) is 17.5. The zero-order valence-electron chi connectivity index (χ0n) is 18.1. The Morgan fingerprint density at radius 3 is 2.03 bits per heavy atom. The van der Waals surface area contributed by atoms with E-state index in [1.54, 1.807) is 59.5 Å². The van der Waals surface area contributed by atoms with Gasteiger partial charge in [-0.05, 0) is 35.4 Å². The maximum atomic E-state index is 13.4. The van der Waals surface area contributed by atoms with Crippen LogP contribution in [0, 0.1) is 5.82 Å². The van der Waals surface area contributed by atoms with Crippen molar-refractivity contribution < 1.29 is 17.6 Å². The highest BCUT2D eigenvalue weighted by Crippen LogP contribution is 2.21. The van der Waals surface area contributed by atoms with Gasteiger partial charge in [0, 0.05) is 32.7 Å². The van der Waals surface area contributed by atoms with Crippen molar-refractivity contribution in [3.8, 4) is 0 Å². The second-order valence-corrected chi connectivity index (χ2v) is 9.72. The number of carbonyl (C=O) groups is 1. The molecule has 1 aliphatic rings. The first-order chi connectivity index (χ1) is 15.9. The first-order valence-corrected chi connectivity index (χ1v) is 12.3. The van der Waals surface area contributed by atoms with E-state index in [1.165, 1.54) is 24.3 Å². The molecule has 172 valence electrons. The molecule has 3 aromatic rings. The molecule has 0 unspecified atom stereocenters. The van der Waals surface area contributed by atoms with E-state index in [9.17, 15) is 17.6 Å². The van der Waals surface area contributed by atoms with Crippen molar-refractivity contribution in [3.05, 3.63) is 102 Å². The van der Waals surface area contributed by atoms with Crippen molar-refractivity contribution in [1.29, 1.82) is 0 Å². The number of rotatable bonds is 7. The Labute approximate surface area is 193 Å². The number of sulfonamides is 1. The minimum absolute atomic E-state index is 0.114. The maximum Gasteiger partial charge on any atom is 0.245 e. The molecule has 1 fully saturated rings. The second kappa shape index (κ2) is 10.2. The van der Waals surface area contributed by atoms with E-state index >= 15 is 0 Å². The Morgan fingerprint density at radius 2 is 1.42 bits per heavy atom. The van der Waals surface area contributed by atoms with Crippen LogP contribution >= 0.6 is 0 Å². The maximum absolute atomic E-state index is 13.4. The van der Waals surface area contributed by atoms with Gasteiger partial charge in [0.2, 0.25) is 15.9 Å². The van der Waals surface area contributed by atoms with E-state index in [4.69, 9.17) is 0 Å². The molecule has 33 heavy (non-hydrogen) atoms. The molecule has 6 nitrogen and oxygen atoms in total. The third-order valence-electron chi connectivity index (χ3n) is 5.71. The SMILES string of the molecule is O=C([C@H](NS(=O)(=O)c1ccccc1)c1ccccc1)N1CCN(Cc2ccc(F)cc2)CC1. The Hall–Kier alpha value is -3.07. The smallest absolute Gasteiger partial charge is 0.245 e. The molecule has 0 spiro atoms. The number of hydrogen-bond donors (Lipinski definition) is 1. The fourth-order valence-corrected chi connectivity index (χ4v) is 5.09. The van der Waals surface area contributed by atoms with Crippen LogP contribution in [0.4, 0.5) is 4.39 Å². The minimum atomic E-state index is -3.88. The Kier molecular flexibility index (Phi) is 7.17. The lowest BCUT2D eigenvalue weighted by atomic mass is 10.1. The van der Waals surface area contributed by atoms with Gasteiger partial charge in [-0.25, -0.2) is 12.8 Å². The summed E-state index contributed by atoms with van der Waals surface area (Å²) in [6.07, 6.45) is 0. The molecule has 1 aliphatic heterocycles. The van der Waals surface area contributed by atoms with E-state index < -0.39 is 16.1 Å². The van der Waals surface area contributed by atoms with Gasteiger partial charge in [-0.15, -0.1) is 0 Å². The molecule has 8 heteroatoms. The highest BCUT2D eigenvalue weighted by molar-refractivity contribution is 7.89.